The van der Waals surface area contributed by atoms with E-state index in [-0.39, 0.29) is 53.3 Å². The minimum atomic E-state index is -0.308. The summed E-state index contributed by atoms with van der Waals surface area (Å²) in [4.78, 5) is 26.9. The third-order valence-electron chi connectivity index (χ3n) is 6.20. The van der Waals surface area contributed by atoms with Crippen molar-refractivity contribution in [3.63, 3.8) is 0 Å². The minimum absolute atomic E-state index is 0.0255. The van der Waals surface area contributed by atoms with Gasteiger partial charge in [-0.25, -0.2) is 4.39 Å². The van der Waals surface area contributed by atoms with Crippen LogP contribution in [0.2, 0.25) is 0 Å². The minimum Gasteiger partial charge on any atom is -0.278 e. The van der Waals surface area contributed by atoms with Crippen molar-refractivity contribution in [1.82, 2.24) is 4.90 Å². The molecule has 0 radical (unpaired) electrons. The molecule has 0 N–H and O–H groups in total. The van der Waals surface area contributed by atoms with Gasteiger partial charge in [0.2, 0.25) is 11.8 Å². The summed E-state index contributed by atoms with van der Waals surface area (Å²) in [5, 5.41) is 0. The molecule has 1 aromatic rings. The lowest BCUT2D eigenvalue weighted by Gasteiger charge is -2.21. The lowest BCUT2D eigenvalue weighted by Crippen LogP contribution is -2.34. The summed E-state index contributed by atoms with van der Waals surface area (Å²) < 4.78 is 13.0. The smallest absolute Gasteiger partial charge is 0.234 e. The van der Waals surface area contributed by atoms with Gasteiger partial charge >= 0.3 is 0 Å². The molecule has 4 heteroatoms. The van der Waals surface area contributed by atoms with Gasteiger partial charge in [-0.05, 0) is 47.8 Å². The highest BCUT2D eigenvalue weighted by Gasteiger charge is 2.73. The van der Waals surface area contributed by atoms with Crippen molar-refractivity contribution >= 4 is 11.8 Å². The average Bonchev–Trinajstić information content (AvgIpc) is 3.12. The van der Waals surface area contributed by atoms with Crippen molar-refractivity contribution in [2.24, 2.45) is 29.1 Å². The van der Waals surface area contributed by atoms with E-state index in [1.807, 2.05) is 0 Å². The molecule has 5 rings (SSSR count). The van der Waals surface area contributed by atoms with E-state index in [1.165, 1.54) is 17.0 Å². The molecule has 1 heterocycles. The molecule has 112 valence electrons. The number of benzene rings is 1. The van der Waals surface area contributed by atoms with Gasteiger partial charge in [0.05, 0.1) is 18.4 Å². The Morgan fingerprint density at radius 3 is 2.05 bits per heavy atom. The SMILES string of the molecule is O=C1C2C(C(=O)N1Cc1ccc(F)cc1)C1C=CC2C12CC2. The Bertz CT molecular complexity index is 685. The van der Waals surface area contributed by atoms with Gasteiger partial charge in [-0.2, -0.15) is 0 Å². The van der Waals surface area contributed by atoms with Crippen LogP contribution in [0.15, 0.2) is 36.4 Å². The van der Waals surface area contributed by atoms with Crippen molar-refractivity contribution in [2.75, 3.05) is 0 Å². The molecule has 2 amide bonds. The van der Waals surface area contributed by atoms with Crippen molar-refractivity contribution in [2.45, 2.75) is 19.4 Å². The lowest BCUT2D eigenvalue weighted by molar-refractivity contribution is -0.141. The quantitative estimate of drug-likeness (QED) is 0.621. The van der Waals surface area contributed by atoms with Gasteiger partial charge in [-0.1, -0.05) is 24.3 Å². The number of fused-ring (bicyclic) bond motifs is 3. The molecule has 4 aliphatic rings. The molecule has 2 saturated carbocycles. The van der Waals surface area contributed by atoms with Crippen LogP contribution < -0.4 is 0 Å². The standard InChI is InChI=1S/C18H16FNO2/c19-11-3-1-10(2-4-11)9-20-16(21)14-12-5-6-13(15(14)17(20)22)18(12)7-8-18/h1-6,12-15H,7-9H2. The number of hydrogen-bond acceptors (Lipinski definition) is 2. The number of imide groups is 1. The van der Waals surface area contributed by atoms with Crippen LogP contribution in [0, 0.1) is 34.9 Å². The number of allylic oxidation sites excluding steroid dienone is 2. The monoisotopic (exact) mass is 297 g/mol. The summed E-state index contributed by atoms with van der Waals surface area (Å²) >= 11 is 0. The van der Waals surface area contributed by atoms with E-state index in [2.05, 4.69) is 12.2 Å². The second-order valence-corrected chi connectivity index (χ2v) is 7.11. The molecule has 3 aliphatic carbocycles. The van der Waals surface area contributed by atoms with Crippen LogP contribution in [-0.4, -0.2) is 16.7 Å². The zero-order valence-electron chi connectivity index (χ0n) is 12.0. The van der Waals surface area contributed by atoms with E-state index in [4.69, 9.17) is 0 Å². The Balaban J connectivity index is 1.45. The maximum absolute atomic E-state index is 13.0. The second-order valence-electron chi connectivity index (χ2n) is 7.11. The predicted octanol–water partition coefficient (Wildman–Crippen LogP) is 2.52. The first kappa shape index (κ1) is 12.6. The zero-order valence-corrected chi connectivity index (χ0v) is 12.0. The average molecular weight is 297 g/mol. The van der Waals surface area contributed by atoms with Gasteiger partial charge in [-0.3, -0.25) is 14.5 Å². The van der Waals surface area contributed by atoms with Crippen molar-refractivity contribution in [3.8, 4) is 0 Å². The molecule has 1 saturated heterocycles. The fraction of sp³-hybridized carbons (Fsp3) is 0.444. The van der Waals surface area contributed by atoms with Crippen LogP contribution in [-0.2, 0) is 16.1 Å². The Kier molecular flexibility index (Phi) is 2.20. The zero-order chi connectivity index (χ0) is 15.1. The maximum Gasteiger partial charge on any atom is 0.234 e. The Hall–Kier alpha value is -1.97. The molecule has 2 bridgehead atoms. The van der Waals surface area contributed by atoms with E-state index in [9.17, 15) is 14.0 Å². The molecular formula is C18H16FNO2. The summed E-state index contributed by atoms with van der Waals surface area (Å²) in [6.07, 6.45) is 6.65. The molecule has 0 aromatic heterocycles. The van der Waals surface area contributed by atoms with Crippen LogP contribution in [0.4, 0.5) is 4.39 Å². The van der Waals surface area contributed by atoms with Gasteiger partial charge in [0, 0.05) is 0 Å². The summed E-state index contributed by atoms with van der Waals surface area (Å²) in [5.74, 6) is -0.132. The number of carbonyl (C=O) groups excluding carboxylic acids is 2. The lowest BCUT2D eigenvalue weighted by atomic mass is 9.85. The highest BCUT2D eigenvalue weighted by atomic mass is 19.1. The van der Waals surface area contributed by atoms with E-state index in [0.717, 1.165) is 18.4 Å². The van der Waals surface area contributed by atoms with Crippen LogP contribution >= 0.6 is 0 Å². The summed E-state index contributed by atoms with van der Waals surface area (Å²) in [6.45, 7) is 0.261. The van der Waals surface area contributed by atoms with E-state index >= 15 is 0 Å². The summed E-state index contributed by atoms with van der Waals surface area (Å²) in [7, 11) is 0. The third-order valence-corrected chi connectivity index (χ3v) is 6.20. The van der Waals surface area contributed by atoms with Crippen LogP contribution in [0.25, 0.3) is 0 Å². The highest BCUT2D eigenvalue weighted by Crippen LogP contribution is 2.73. The second kappa shape index (κ2) is 3.86. The molecule has 22 heavy (non-hydrogen) atoms. The Morgan fingerprint density at radius 2 is 1.55 bits per heavy atom. The number of carbonyl (C=O) groups is 2. The van der Waals surface area contributed by atoms with Crippen molar-refractivity contribution in [3.05, 3.63) is 47.8 Å². The summed E-state index contributed by atoms with van der Waals surface area (Å²) in [5.41, 5.74) is 1.03. The number of hydrogen-bond donors (Lipinski definition) is 0. The molecule has 1 spiro atoms. The molecule has 1 aromatic carbocycles. The molecule has 4 atom stereocenters. The van der Waals surface area contributed by atoms with E-state index in [0.29, 0.717) is 0 Å². The van der Waals surface area contributed by atoms with Crippen LogP contribution in [0.5, 0.6) is 0 Å². The first-order valence-electron chi connectivity index (χ1n) is 7.90. The van der Waals surface area contributed by atoms with Crippen LogP contribution in [0.1, 0.15) is 18.4 Å². The fourth-order valence-corrected chi connectivity index (χ4v) is 5.07. The first-order valence-corrected chi connectivity index (χ1v) is 7.90. The molecule has 3 nitrogen and oxygen atoms in total. The molecule has 1 aliphatic heterocycles. The molecule has 4 unspecified atom stereocenters. The van der Waals surface area contributed by atoms with Gasteiger partial charge in [0.25, 0.3) is 0 Å². The van der Waals surface area contributed by atoms with Gasteiger partial charge in [0.15, 0.2) is 0 Å². The number of likely N-dealkylation sites (tertiary alicyclic amines) is 1. The Labute approximate surface area is 127 Å². The number of rotatable bonds is 2. The van der Waals surface area contributed by atoms with Crippen LogP contribution in [0.3, 0.4) is 0 Å². The van der Waals surface area contributed by atoms with Crippen molar-refractivity contribution < 1.29 is 14.0 Å². The third kappa shape index (κ3) is 1.36. The predicted molar refractivity (Wildman–Crippen MR) is 76.7 cm³/mol. The van der Waals surface area contributed by atoms with Crippen molar-refractivity contribution in [1.29, 1.82) is 0 Å². The Morgan fingerprint density at radius 1 is 1.00 bits per heavy atom. The van der Waals surface area contributed by atoms with E-state index < -0.39 is 0 Å². The largest absolute Gasteiger partial charge is 0.278 e. The number of halogens is 1. The topological polar surface area (TPSA) is 37.4 Å². The van der Waals surface area contributed by atoms with Gasteiger partial charge in [-0.15, -0.1) is 0 Å². The highest BCUT2D eigenvalue weighted by molar-refractivity contribution is 6.06. The maximum atomic E-state index is 13.0. The van der Waals surface area contributed by atoms with Gasteiger partial charge < -0.3 is 0 Å². The fourth-order valence-electron chi connectivity index (χ4n) is 5.07. The number of amides is 2. The molecule has 3 fully saturated rings. The van der Waals surface area contributed by atoms with E-state index in [1.54, 1.807) is 12.1 Å². The van der Waals surface area contributed by atoms with Gasteiger partial charge in [0.1, 0.15) is 5.82 Å². The number of nitrogens with zero attached hydrogens (tertiary/aromatic N) is 1. The summed E-state index contributed by atoms with van der Waals surface area (Å²) in [6, 6.07) is 6.01. The molecular weight excluding hydrogens is 281 g/mol. The first-order chi connectivity index (χ1) is 10.6. The normalized spacial score (nSPS) is 36.5.